The van der Waals surface area contributed by atoms with Gasteiger partial charge in [-0.1, -0.05) is 114 Å². The molecule has 224 valence electrons. The molecule has 0 bridgehead atoms. The van der Waals surface area contributed by atoms with Crippen LogP contribution >= 0.6 is 23.2 Å². The number of ketones is 1. The van der Waals surface area contributed by atoms with Crippen molar-refractivity contribution < 1.29 is 4.79 Å². The summed E-state index contributed by atoms with van der Waals surface area (Å²) in [6.45, 7) is 4.62. The van der Waals surface area contributed by atoms with E-state index in [-0.39, 0.29) is 0 Å². The van der Waals surface area contributed by atoms with Crippen molar-refractivity contribution in [3.05, 3.63) is 0 Å². The largest absolute Gasteiger partial charge is 0.298 e. The summed E-state index contributed by atoms with van der Waals surface area (Å²) in [4.78, 5) is 14.1. The highest BCUT2D eigenvalue weighted by molar-refractivity contribution is 6.55. The van der Waals surface area contributed by atoms with Gasteiger partial charge in [0.1, 0.15) is 4.33 Å². The number of hydrogen-bond acceptors (Lipinski definition) is 1. The van der Waals surface area contributed by atoms with Gasteiger partial charge in [0.15, 0.2) is 5.78 Å². The number of alkyl halides is 2. The van der Waals surface area contributed by atoms with Crippen molar-refractivity contribution in [3.8, 4) is 0 Å². The molecular formula is C36H60Cl2O. The maximum atomic E-state index is 14.1. The van der Waals surface area contributed by atoms with E-state index in [0.717, 1.165) is 61.2 Å². The molecule has 0 unspecified atom stereocenters. The molecule has 0 N–H and O–H groups in total. The summed E-state index contributed by atoms with van der Waals surface area (Å²) in [7, 11) is 0. The molecule has 0 aromatic heterocycles. The van der Waals surface area contributed by atoms with Crippen LogP contribution in [0.2, 0.25) is 0 Å². The van der Waals surface area contributed by atoms with Gasteiger partial charge in [0.25, 0.3) is 0 Å². The second kappa shape index (κ2) is 13.3. The first-order valence-electron chi connectivity index (χ1n) is 17.8. The molecule has 0 aromatic rings. The molecule has 1 nitrogen and oxygen atoms in total. The fourth-order valence-corrected chi connectivity index (χ4v) is 11.8. The molecule has 0 aliphatic heterocycles. The van der Waals surface area contributed by atoms with Gasteiger partial charge in [0, 0.05) is 0 Å². The maximum absolute atomic E-state index is 14.1. The third-order valence-electron chi connectivity index (χ3n) is 13.4. The van der Waals surface area contributed by atoms with E-state index in [9.17, 15) is 4.79 Å². The van der Waals surface area contributed by atoms with Crippen LogP contribution in [-0.2, 0) is 4.79 Å². The Labute approximate surface area is 251 Å². The SMILES string of the molecule is CCCCCC1CCC(C2CCC3(CC2)C(=O)C2(CCC(C4CCC(CCCCC)CC4)CC2)C3(Cl)Cl)CC1. The van der Waals surface area contributed by atoms with Crippen LogP contribution in [0.1, 0.15) is 168 Å². The van der Waals surface area contributed by atoms with Gasteiger partial charge >= 0.3 is 0 Å². The lowest BCUT2D eigenvalue weighted by atomic mass is 9.41. The minimum Gasteiger partial charge on any atom is -0.298 e. The third-order valence-corrected chi connectivity index (χ3v) is 14.8. The highest BCUT2D eigenvalue weighted by atomic mass is 35.5. The Morgan fingerprint density at radius 1 is 0.538 bits per heavy atom. The van der Waals surface area contributed by atoms with Crippen LogP contribution < -0.4 is 0 Å². The van der Waals surface area contributed by atoms with Crippen molar-refractivity contribution in [1.29, 1.82) is 0 Å². The van der Waals surface area contributed by atoms with Crippen molar-refractivity contribution in [2.75, 3.05) is 0 Å². The smallest absolute Gasteiger partial charge is 0.151 e. The van der Waals surface area contributed by atoms with Crippen LogP contribution in [0.15, 0.2) is 0 Å². The van der Waals surface area contributed by atoms with Gasteiger partial charge in [0.2, 0.25) is 0 Å². The van der Waals surface area contributed by atoms with E-state index < -0.39 is 15.2 Å². The fourth-order valence-electron chi connectivity index (χ4n) is 10.7. The lowest BCUT2D eigenvalue weighted by Gasteiger charge is -2.67. The van der Waals surface area contributed by atoms with E-state index in [1.54, 1.807) is 0 Å². The first-order valence-corrected chi connectivity index (χ1v) is 18.5. The van der Waals surface area contributed by atoms with Crippen LogP contribution in [0.5, 0.6) is 0 Å². The van der Waals surface area contributed by atoms with Gasteiger partial charge in [-0.25, -0.2) is 0 Å². The second-order valence-corrected chi connectivity index (χ2v) is 16.6. The van der Waals surface area contributed by atoms with Crippen molar-refractivity contribution in [2.24, 2.45) is 46.3 Å². The lowest BCUT2D eigenvalue weighted by Crippen LogP contribution is -2.74. The highest BCUT2D eigenvalue weighted by Gasteiger charge is 2.79. The van der Waals surface area contributed by atoms with Gasteiger partial charge < -0.3 is 0 Å². The lowest BCUT2D eigenvalue weighted by molar-refractivity contribution is -0.173. The minimum absolute atomic E-state index is 0.437. The van der Waals surface area contributed by atoms with Crippen LogP contribution in [-0.4, -0.2) is 10.1 Å². The molecule has 2 spiro atoms. The molecule has 5 saturated carbocycles. The summed E-state index contributed by atoms with van der Waals surface area (Å²) in [6.07, 6.45) is 31.2. The summed E-state index contributed by atoms with van der Waals surface area (Å²) in [6, 6.07) is 0. The number of unbranched alkanes of at least 4 members (excludes halogenated alkanes) is 4. The van der Waals surface area contributed by atoms with Gasteiger partial charge in [-0.3, -0.25) is 4.79 Å². The van der Waals surface area contributed by atoms with Gasteiger partial charge in [-0.05, 0) is 113 Å². The van der Waals surface area contributed by atoms with Gasteiger partial charge in [-0.15, -0.1) is 0 Å². The predicted molar refractivity (Wildman–Crippen MR) is 167 cm³/mol. The summed E-state index contributed by atoms with van der Waals surface area (Å²) in [5.41, 5.74) is -0.874. The number of carbonyl (C=O) groups is 1. The summed E-state index contributed by atoms with van der Waals surface area (Å²) in [5.74, 6) is 5.80. The van der Waals surface area contributed by atoms with Crippen molar-refractivity contribution in [3.63, 3.8) is 0 Å². The standard InChI is InChI=1S/C36H60Cl2O/c1-3-5-7-9-27-11-15-29(16-12-27)31-19-23-34(24-20-31)33(39)35(36(34,37)38)25-21-32(22-26-35)30-17-13-28(14-18-30)10-8-6-4-2/h27-32H,3-26H2,1-2H3. The average Bonchev–Trinajstić information content (AvgIpc) is 2.98. The molecule has 0 saturated heterocycles. The second-order valence-electron chi connectivity index (χ2n) is 15.3. The maximum Gasteiger partial charge on any atom is 0.151 e. The summed E-state index contributed by atoms with van der Waals surface area (Å²) >= 11 is 14.7. The first kappa shape index (κ1) is 30.7. The average molecular weight is 580 g/mol. The van der Waals surface area contributed by atoms with E-state index in [1.165, 1.54) is 128 Å². The number of rotatable bonds is 10. The fraction of sp³-hybridized carbons (Fsp3) is 0.972. The van der Waals surface area contributed by atoms with E-state index >= 15 is 0 Å². The first-order chi connectivity index (χ1) is 18.9. The number of hydrogen-bond donors (Lipinski definition) is 0. The molecule has 0 radical (unpaired) electrons. The van der Waals surface area contributed by atoms with E-state index in [1.807, 2.05) is 0 Å². The quantitative estimate of drug-likeness (QED) is 0.186. The molecule has 39 heavy (non-hydrogen) atoms. The van der Waals surface area contributed by atoms with E-state index in [4.69, 9.17) is 23.2 Å². The summed E-state index contributed by atoms with van der Waals surface area (Å²) < 4.78 is -0.832. The zero-order chi connectivity index (χ0) is 27.5. The number of halogens is 2. The molecule has 5 rings (SSSR count). The molecule has 3 heteroatoms. The normalized spacial score (nSPS) is 42.5. The highest BCUT2D eigenvalue weighted by Crippen LogP contribution is 2.75. The molecule has 0 amide bonds. The van der Waals surface area contributed by atoms with Crippen molar-refractivity contribution in [2.45, 2.75) is 172 Å². The zero-order valence-electron chi connectivity index (χ0n) is 25.6. The Balaban J connectivity index is 1.08. The Morgan fingerprint density at radius 3 is 1.18 bits per heavy atom. The molecule has 0 atom stereocenters. The van der Waals surface area contributed by atoms with Gasteiger partial charge in [0.05, 0.1) is 10.8 Å². The topological polar surface area (TPSA) is 17.1 Å². The molecule has 0 aromatic carbocycles. The monoisotopic (exact) mass is 578 g/mol. The Hall–Kier alpha value is 0.250. The van der Waals surface area contributed by atoms with Crippen LogP contribution in [0.3, 0.4) is 0 Å². The Morgan fingerprint density at radius 2 is 0.872 bits per heavy atom. The van der Waals surface area contributed by atoms with Gasteiger partial charge in [-0.2, -0.15) is 0 Å². The van der Waals surface area contributed by atoms with Crippen LogP contribution in [0.25, 0.3) is 0 Å². The molecule has 0 heterocycles. The van der Waals surface area contributed by atoms with Crippen molar-refractivity contribution >= 4 is 29.0 Å². The Bertz CT molecular complexity index is 710. The molecule has 5 aliphatic rings. The van der Waals surface area contributed by atoms with Crippen LogP contribution in [0.4, 0.5) is 0 Å². The molecule has 5 fully saturated rings. The summed E-state index contributed by atoms with van der Waals surface area (Å²) in [5, 5.41) is 0. The minimum atomic E-state index is -0.832. The molecular weight excluding hydrogens is 519 g/mol. The number of Topliss-reactive ketones (excluding diaryl/α,β-unsaturated/α-hetero) is 1. The predicted octanol–water partition coefficient (Wildman–Crippen LogP) is 11.9. The Kier molecular flexibility index (Phi) is 10.4. The van der Waals surface area contributed by atoms with E-state index in [2.05, 4.69) is 13.8 Å². The zero-order valence-corrected chi connectivity index (χ0v) is 27.1. The van der Waals surface area contributed by atoms with Crippen molar-refractivity contribution in [1.82, 2.24) is 0 Å². The third kappa shape index (κ3) is 5.91. The van der Waals surface area contributed by atoms with Crippen LogP contribution in [0, 0.1) is 46.3 Å². The molecule has 5 aliphatic carbocycles. The number of carbonyl (C=O) groups excluding carboxylic acids is 1. The van der Waals surface area contributed by atoms with E-state index in [0.29, 0.717) is 5.78 Å².